The predicted octanol–water partition coefficient (Wildman–Crippen LogP) is 3.20. The van der Waals surface area contributed by atoms with E-state index in [9.17, 15) is 0 Å². The minimum absolute atomic E-state index is 0.309. The van der Waals surface area contributed by atoms with E-state index in [4.69, 9.17) is 33.0 Å². The Kier molecular flexibility index (Phi) is 4.42. The van der Waals surface area contributed by atoms with Crippen LogP contribution in [-0.4, -0.2) is 20.9 Å². The van der Waals surface area contributed by atoms with Crippen LogP contribution in [0.5, 0.6) is 0 Å². The largest absolute Gasteiger partial charge is 0.338 e. The molecule has 2 aromatic heterocycles. The monoisotopic (exact) mass is 300 g/mol. The van der Waals surface area contributed by atoms with E-state index in [0.717, 1.165) is 0 Å². The molecule has 0 N–H and O–H groups in total. The molecule has 0 saturated heterocycles. The minimum atomic E-state index is 0.309. The van der Waals surface area contributed by atoms with Crippen LogP contribution >= 0.6 is 35.0 Å². The zero-order chi connectivity index (χ0) is 13.0. The Morgan fingerprint density at radius 2 is 2.28 bits per heavy atom. The van der Waals surface area contributed by atoms with Crippen molar-refractivity contribution < 1.29 is 4.52 Å². The van der Waals surface area contributed by atoms with Crippen molar-refractivity contribution in [2.24, 2.45) is 0 Å². The lowest BCUT2D eigenvalue weighted by Crippen LogP contribution is -1.88. The second-order valence-corrected chi connectivity index (χ2v) is 4.98. The SMILES string of the molecule is N#CCSCc1nc(-c2ncc(Cl)cc2Cl)no1. The summed E-state index contributed by atoms with van der Waals surface area (Å²) in [5.41, 5.74) is 0.418. The molecule has 18 heavy (non-hydrogen) atoms. The average Bonchev–Trinajstić information content (AvgIpc) is 2.78. The van der Waals surface area contributed by atoms with Crippen molar-refractivity contribution >= 4 is 35.0 Å². The van der Waals surface area contributed by atoms with Crippen LogP contribution in [0.1, 0.15) is 5.89 Å². The van der Waals surface area contributed by atoms with Crippen LogP contribution in [0.4, 0.5) is 0 Å². The molecule has 2 aromatic rings. The fraction of sp³-hybridized carbons (Fsp3) is 0.200. The van der Waals surface area contributed by atoms with E-state index < -0.39 is 0 Å². The zero-order valence-electron chi connectivity index (χ0n) is 8.93. The number of nitriles is 1. The number of hydrogen-bond acceptors (Lipinski definition) is 6. The molecule has 0 radical (unpaired) electrons. The van der Waals surface area contributed by atoms with E-state index in [0.29, 0.717) is 39.0 Å². The molecule has 0 fully saturated rings. The van der Waals surface area contributed by atoms with Crippen LogP contribution in [0.3, 0.4) is 0 Å². The van der Waals surface area contributed by atoms with Crippen molar-refractivity contribution in [2.45, 2.75) is 5.75 Å². The maximum Gasteiger partial charge on any atom is 0.237 e. The summed E-state index contributed by atoms with van der Waals surface area (Å²) in [5.74, 6) is 1.59. The lowest BCUT2D eigenvalue weighted by Gasteiger charge is -1.97. The van der Waals surface area contributed by atoms with Crippen molar-refractivity contribution in [1.29, 1.82) is 5.26 Å². The van der Waals surface area contributed by atoms with Crippen LogP contribution in [0.2, 0.25) is 10.0 Å². The first-order valence-corrected chi connectivity index (χ1v) is 6.70. The Balaban J connectivity index is 2.16. The van der Waals surface area contributed by atoms with Gasteiger partial charge in [0.1, 0.15) is 5.69 Å². The average molecular weight is 301 g/mol. The molecule has 0 spiro atoms. The van der Waals surface area contributed by atoms with E-state index >= 15 is 0 Å². The van der Waals surface area contributed by atoms with Gasteiger partial charge in [0.2, 0.25) is 11.7 Å². The predicted molar refractivity (Wildman–Crippen MR) is 69.3 cm³/mol. The molecule has 2 rings (SSSR count). The van der Waals surface area contributed by atoms with Crippen LogP contribution in [0.25, 0.3) is 11.5 Å². The minimum Gasteiger partial charge on any atom is -0.338 e. The number of hydrogen-bond donors (Lipinski definition) is 0. The molecule has 0 amide bonds. The highest BCUT2D eigenvalue weighted by molar-refractivity contribution is 7.98. The maximum atomic E-state index is 8.41. The molecule has 8 heteroatoms. The summed E-state index contributed by atoms with van der Waals surface area (Å²) in [6, 6.07) is 3.58. The lowest BCUT2D eigenvalue weighted by molar-refractivity contribution is 0.391. The first-order valence-electron chi connectivity index (χ1n) is 4.79. The summed E-state index contributed by atoms with van der Waals surface area (Å²) in [6.07, 6.45) is 1.46. The molecule has 0 aliphatic carbocycles. The Hall–Kier alpha value is -1.29. The van der Waals surface area contributed by atoms with Gasteiger partial charge in [-0.1, -0.05) is 28.4 Å². The van der Waals surface area contributed by atoms with Gasteiger partial charge >= 0.3 is 0 Å². The van der Waals surface area contributed by atoms with E-state index in [1.54, 1.807) is 6.07 Å². The highest BCUT2D eigenvalue weighted by Gasteiger charge is 2.13. The van der Waals surface area contributed by atoms with Crippen molar-refractivity contribution in [3.05, 3.63) is 28.2 Å². The quantitative estimate of drug-likeness (QED) is 0.807. The van der Waals surface area contributed by atoms with Crippen LogP contribution in [0, 0.1) is 11.3 Å². The summed E-state index contributed by atoms with van der Waals surface area (Å²) in [4.78, 5) is 8.19. The number of halogens is 2. The van der Waals surface area contributed by atoms with Crippen LogP contribution < -0.4 is 0 Å². The zero-order valence-corrected chi connectivity index (χ0v) is 11.3. The first-order chi connectivity index (χ1) is 8.70. The van der Waals surface area contributed by atoms with E-state index in [1.165, 1.54) is 18.0 Å². The van der Waals surface area contributed by atoms with E-state index in [-0.39, 0.29) is 0 Å². The Bertz CT molecular complexity index is 596. The molecule has 0 aliphatic heterocycles. The van der Waals surface area contributed by atoms with Gasteiger partial charge in [0.05, 0.1) is 27.6 Å². The first kappa shape index (κ1) is 13.1. The van der Waals surface area contributed by atoms with Gasteiger partial charge in [-0.2, -0.15) is 10.2 Å². The number of rotatable bonds is 4. The molecular weight excluding hydrogens is 295 g/mol. The number of aromatic nitrogens is 3. The number of thioether (sulfide) groups is 1. The molecule has 5 nitrogen and oxygen atoms in total. The fourth-order valence-corrected chi connectivity index (χ4v) is 2.12. The third kappa shape index (κ3) is 3.13. The molecule has 0 aliphatic rings. The van der Waals surface area contributed by atoms with E-state index in [2.05, 4.69) is 15.1 Å². The Morgan fingerprint density at radius 3 is 3.00 bits per heavy atom. The van der Waals surface area contributed by atoms with Crippen molar-refractivity contribution in [2.75, 3.05) is 5.75 Å². The van der Waals surface area contributed by atoms with E-state index in [1.807, 2.05) is 6.07 Å². The third-order valence-electron chi connectivity index (χ3n) is 1.88. The molecular formula is C10H6Cl2N4OS. The highest BCUT2D eigenvalue weighted by Crippen LogP contribution is 2.26. The van der Waals surface area contributed by atoms with Gasteiger partial charge in [-0.3, -0.25) is 0 Å². The summed E-state index contributed by atoms with van der Waals surface area (Å²) >= 11 is 13.1. The molecule has 92 valence electrons. The Labute approximate surface area is 117 Å². The normalized spacial score (nSPS) is 10.3. The summed E-state index contributed by atoms with van der Waals surface area (Å²) in [7, 11) is 0. The topological polar surface area (TPSA) is 75.6 Å². The Morgan fingerprint density at radius 1 is 1.44 bits per heavy atom. The third-order valence-corrected chi connectivity index (χ3v) is 3.16. The summed E-state index contributed by atoms with van der Waals surface area (Å²) in [5, 5.41) is 13.0. The maximum absolute atomic E-state index is 8.41. The van der Waals surface area contributed by atoms with Crippen molar-refractivity contribution in [1.82, 2.24) is 15.1 Å². The van der Waals surface area contributed by atoms with Gasteiger partial charge in [-0.15, -0.1) is 11.8 Å². The molecule has 0 aromatic carbocycles. The smallest absolute Gasteiger partial charge is 0.237 e. The number of nitrogens with zero attached hydrogens (tertiary/aromatic N) is 4. The summed E-state index contributed by atoms with van der Waals surface area (Å²) < 4.78 is 5.03. The molecule has 0 atom stereocenters. The van der Waals surface area contributed by atoms with Gasteiger partial charge in [-0.05, 0) is 6.07 Å². The molecule has 0 bridgehead atoms. The van der Waals surface area contributed by atoms with Crippen molar-refractivity contribution in [3.8, 4) is 17.6 Å². The second-order valence-electron chi connectivity index (χ2n) is 3.15. The lowest BCUT2D eigenvalue weighted by atomic mass is 10.3. The molecule has 2 heterocycles. The standard InChI is InChI=1S/C10H6Cl2N4OS/c11-6-3-7(12)9(14-4-6)10-15-8(17-16-10)5-18-2-1-13/h3-4H,2,5H2. The van der Waals surface area contributed by atoms with Gasteiger partial charge in [0.15, 0.2) is 0 Å². The fourth-order valence-electron chi connectivity index (χ4n) is 1.17. The molecule has 0 unspecified atom stereocenters. The van der Waals surface area contributed by atoms with Crippen molar-refractivity contribution in [3.63, 3.8) is 0 Å². The second kappa shape index (κ2) is 6.05. The van der Waals surface area contributed by atoms with Crippen LogP contribution in [-0.2, 0) is 5.75 Å². The van der Waals surface area contributed by atoms with Crippen LogP contribution in [0.15, 0.2) is 16.8 Å². The molecule has 0 saturated carbocycles. The van der Waals surface area contributed by atoms with Gasteiger partial charge in [0, 0.05) is 6.20 Å². The highest BCUT2D eigenvalue weighted by atomic mass is 35.5. The summed E-state index contributed by atoms with van der Waals surface area (Å²) in [6.45, 7) is 0. The van der Waals surface area contributed by atoms with Gasteiger partial charge in [-0.25, -0.2) is 4.98 Å². The van der Waals surface area contributed by atoms with Gasteiger partial charge < -0.3 is 4.52 Å². The van der Waals surface area contributed by atoms with Gasteiger partial charge in [0.25, 0.3) is 0 Å². The number of pyridine rings is 1.